The molecule has 4 N–H and O–H groups in total. The molecule has 0 spiro atoms. The number of hydrogen-bond acceptors (Lipinski definition) is 3. The van der Waals surface area contributed by atoms with Crippen LogP contribution in [0.15, 0.2) is 0 Å². The summed E-state index contributed by atoms with van der Waals surface area (Å²) in [5.41, 5.74) is 0. The fourth-order valence-corrected chi connectivity index (χ4v) is 1.11. The predicted octanol–water partition coefficient (Wildman–Crippen LogP) is -0.908. The van der Waals surface area contributed by atoms with Crippen molar-refractivity contribution in [3.8, 4) is 0 Å². The molecule has 10 heavy (non-hydrogen) atoms. The van der Waals surface area contributed by atoms with Gasteiger partial charge in [0.05, 0.1) is 6.16 Å². The molecular formula is C4H12NO4P. The highest BCUT2D eigenvalue weighted by atomic mass is 31.2. The van der Waals surface area contributed by atoms with E-state index in [1.807, 2.05) is 0 Å². The molecule has 0 saturated carbocycles. The largest absolute Gasteiger partial charge is 0.378 e. The number of aliphatic hydroxyl groups is 1. The lowest BCUT2D eigenvalue weighted by Crippen LogP contribution is -2.31. The maximum atomic E-state index is 10.2. The quantitative estimate of drug-likeness (QED) is 0.323. The van der Waals surface area contributed by atoms with E-state index in [-0.39, 0.29) is 0 Å². The third-order valence-corrected chi connectivity index (χ3v) is 1.67. The van der Waals surface area contributed by atoms with E-state index in [0.29, 0.717) is 6.54 Å². The molecule has 0 aliphatic carbocycles. The van der Waals surface area contributed by atoms with Crippen molar-refractivity contribution in [3.63, 3.8) is 0 Å². The Kier molecular flexibility index (Phi) is 4.08. The monoisotopic (exact) mass is 169 g/mol. The molecule has 62 valence electrons. The Morgan fingerprint density at radius 1 is 1.60 bits per heavy atom. The molecule has 0 amide bonds. The van der Waals surface area contributed by atoms with Gasteiger partial charge in [0.15, 0.2) is 0 Å². The molecule has 1 unspecified atom stereocenters. The van der Waals surface area contributed by atoms with Gasteiger partial charge in [0.1, 0.15) is 6.23 Å². The van der Waals surface area contributed by atoms with E-state index in [2.05, 4.69) is 5.32 Å². The number of aliphatic hydroxyl groups excluding tert-OH is 1. The van der Waals surface area contributed by atoms with Gasteiger partial charge in [0, 0.05) is 0 Å². The van der Waals surface area contributed by atoms with Crippen LogP contribution in [0.2, 0.25) is 0 Å². The first kappa shape index (κ1) is 10.1. The smallest absolute Gasteiger partial charge is 0.329 e. The van der Waals surface area contributed by atoms with Gasteiger partial charge in [-0.1, -0.05) is 6.92 Å². The Morgan fingerprint density at radius 2 is 2.10 bits per heavy atom. The highest BCUT2D eigenvalue weighted by Gasteiger charge is 2.18. The molecule has 0 fully saturated rings. The standard InChI is InChI=1S/C4H12NO4P/c1-2-5-4(6)3-10(7,8)9/h4-6H,2-3H2,1H3,(H2,7,8,9). The van der Waals surface area contributed by atoms with Gasteiger partial charge in [-0.2, -0.15) is 0 Å². The second kappa shape index (κ2) is 4.05. The highest BCUT2D eigenvalue weighted by molar-refractivity contribution is 7.51. The first-order chi connectivity index (χ1) is 4.45. The Bertz CT molecular complexity index is 133. The molecule has 0 aliphatic rings. The summed E-state index contributed by atoms with van der Waals surface area (Å²) in [4.78, 5) is 16.7. The molecular weight excluding hydrogens is 157 g/mol. The molecule has 0 aromatic heterocycles. The average molecular weight is 169 g/mol. The van der Waals surface area contributed by atoms with Crippen molar-refractivity contribution in [1.29, 1.82) is 0 Å². The van der Waals surface area contributed by atoms with Gasteiger partial charge in [0.2, 0.25) is 0 Å². The van der Waals surface area contributed by atoms with E-state index in [4.69, 9.17) is 14.9 Å². The van der Waals surface area contributed by atoms with E-state index in [1.165, 1.54) is 0 Å². The third kappa shape index (κ3) is 6.19. The Balaban J connectivity index is 3.58. The summed E-state index contributed by atoms with van der Waals surface area (Å²) in [6.07, 6.45) is -1.63. The van der Waals surface area contributed by atoms with Gasteiger partial charge in [-0.15, -0.1) is 0 Å². The summed E-state index contributed by atoms with van der Waals surface area (Å²) in [6.45, 7) is 2.23. The van der Waals surface area contributed by atoms with Crippen LogP contribution in [0.1, 0.15) is 6.92 Å². The van der Waals surface area contributed by atoms with E-state index >= 15 is 0 Å². The minimum atomic E-state index is -4.06. The van der Waals surface area contributed by atoms with E-state index in [1.54, 1.807) is 6.92 Å². The number of nitrogens with one attached hydrogen (secondary N) is 1. The normalized spacial score (nSPS) is 15.2. The topological polar surface area (TPSA) is 89.8 Å². The van der Waals surface area contributed by atoms with Gasteiger partial charge < -0.3 is 14.9 Å². The highest BCUT2D eigenvalue weighted by Crippen LogP contribution is 2.34. The lowest BCUT2D eigenvalue weighted by molar-refractivity contribution is 0.155. The molecule has 0 radical (unpaired) electrons. The molecule has 0 saturated heterocycles. The lowest BCUT2D eigenvalue weighted by Gasteiger charge is -2.11. The Morgan fingerprint density at radius 3 is 2.40 bits per heavy atom. The first-order valence-electron chi connectivity index (χ1n) is 2.91. The fourth-order valence-electron chi connectivity index (χ4n) is 0.525. The van der Waals surface area contributed by atoms with Crippen molar-refractivity contribution >= 4 is 7.60 Å². The zero-order valence-electron chi connectivity index (χ0n) is 5.69. The Labute approximate surface area is 59.2 Å². The molecule has 1 atom stereocenters. The van der Waals surface area contributed by atoms with Crippen LogP contribution in [0.4, 0.5) is 0 Å². The van der Waals surface area contributed by atoms with E-state index in [9.17, 15) is 4.57 Å². The van der Waals surface area contributed by atoms with E-state index in [0.717, 1.165) is 0 Å². The van der Waals surface area contributed by atoms with Crippen molar-refractivity contribution in [2.45, 2.75) is 13.2 Å². The van der Waals surface area contributed by atoms with Gasteiger partial charge in [-0.3, -0.25) is 9.88 Å². The SMILES string of the molecule is CCNC(O)CP(=O)(O)O. The minimum absolute atomic E-state index is 0.487. The second-order valence-corrected chi connectivity index (χ2v) is 3.62. The van der Waals surface area contributed by atoms with Gasteiger partial charge in [-0.05, 0) is 6.54 Å². The zero-order valence-corrected chi connectivity index (χ0v) is 6.58. The summed E-state index contributed by atoms with van der Waals surface area (Å²) in [5.74, 6) is 0. The van der Waals surface area contributed by atoms with Crippen molar-refractivity contribution in [3.05, 3.63) is 0 Å². The van der Waals surface area contributed by atoms with Crippen LogP contribution in [0.3, 0.4) is 0 Å². The molecule has 0 aliphatic heterocycles. The van der Waals surface area contributed by atoms with Crippen molar-refractivity contribution < 1.29 is 19.5 Å². The van der Waals surface area contributed by atoms with Gasteiger partial charge in [-0.25, -0.2) is 0 Å². The molecule has 0 rings (SSSR count). The summed E-state index contributed by atoms with van der Waals surface area (Å²) >= 11 is 0. The second-order valence-electron chi connectivity index (χ2n) is 1.92. The maximum Gasteiger partial charge on any atom is 0.329 e. The minimum Gasteiger partial charge on any atom is -0.378 e. The van der Waals surface area contributed by atoms with Crippen LogP contribution in [0.25, 0.3) is 0 Å². The van der Waals surface area contributed by atoms with Crippen molar-refractivity contribution in [2.75, 3.05) is 12.7 Å². The summed E-state index contributed by atoms with van der Waals surface area (Å²) < 4.78 is 10.2. The van der Waals surface area contributed by atoms with E-state index < -0.39 is 20.0 Å². The molecule has 5 nitrogen and oxygen atoms in total. The zero-order chi connectivity index (χ0) is 8.20. The lowest BCUT2D eigenvalue weighted by atomic mass is 10.6. The fraction of sp³-hybridized carbons (Fsp3) is 1.00. The predicted molar refractivity (Wildman–Crippen MR) is 36.6 cm³/mol. The van der Waals surface area contributed by atoms with Gasteiger partial charge in [0.25, 0.3) is 0 Å². The van der Waals surface area contributed by atoms with Crippen molar-refractivity contribution in [2.24, 2.45) is 0 Å². The van der Waals surface area contributed by atoms with Crippen LogP contribution >= 0.6 is 7.60 Å². The molecule has 6 heteroatoms. The summed E-state index contributed by atoms with van der Waals surface area (Å²) in [6, 6.07) is 0. The summed E-state index contributed by atoms with van der Waals surface area (Å²) in [7, 11) is -4.06. The van der Waals surface area contributed by atoms with Gasteiger partial charge >= 0.3 is 7.60 Å². The van der Waals surface area contributed by atoms with Crippen LogP contribution < -0.4 is 5.32 Å². The number of hydrogen-bond donors (Lipinski definition) is 4. The molecule has 0 heterocycles. The first-order valence-corrected chi connectivity index (χ1v) is 4.71. The average Bonchev–Trinajstić information content (AvgIpc) is 1.59. The van der Waals surface area contributed by atoms with Crippen LogP contribution in [-0.2, 0) is 4.57 Å². The molecule has 0 bridgehead atoms. The maximum absolute atomic E-state index is 10.2. The summed E-state index contributed by atoms with van der Waals surface area (Å²) in [5, 5.41) is 11.2. The van der Waals surface area contributed by atoms with Crippen LogP contribution in [0.5, 0.6) is 0 Å². The third-order valence-electron chi connectivity index (χ3n) is 0.851. The van der Waals surface area contributed by atoms with Crippen molar-refractivity contribution in [1.82, 2.24) is 5.32 Å². The Hall–Kier alpha value is 0.0700. The number of rotatable bonds is 4. The molecule has 0 aromatic carbocycles. The van der Waals surface area contributed by atoms with Crippen LogP contribution in [0, 0.1) is 0 Å². The van der Waals surface area contributed by atoms with Crippen LogP contribution in [-0.4, -0.2) is 33.8 Å². The molecule has 0 aromatic rings.